The summed E-state index contributed by atoms with van der Waals surface area (Å²) in [6, 6.07) is 0. The molecule has 0 saturated carbocycles. The summed E-state index contributed by atoms with van der Waals surface area (Å²) < 4.78 is 0. The summed E-state index contributed by atoms with van der Waals surface area (Å²) in [6.45, 7) is 5.72. The Hall–Kier alpha value is -0.820. The van der Waals surface area contributed by atoms with Crippen molar-refractivity contribution in [2.24, 2.45) is 0 Å². The highest BCUT2D eigenvalue weighted by Gasteiger charge is 2.16. The smallest absolute Gasteiger partial charge is 0.0792 e. The molecule has 0 aliphatic heterocycles. The molecule has 0 saturated heterocycles. The molecule has 0 aromatic heterocycles. The molecular weight excluding hydrogens is 148 g/mol. The average molecular weight is 164 g/mol. The second kappa shape index (κ2) is 4.27. The van der Waals surface area contributed by atoms with Crippen LogP contribution in [-0.2, 0) is 0 Å². The van der Waals surface area contributed by atoms with Crippen molar-refractivity contribution in [2.45, 2.75) is 32.3 Å². The molecule has 0 spiro atoms. The fourth-order valence-electron chi connectivity index (χ4n) is 1.62. The van der Waals surface area contributed by atoms with Crippen LogP contribution in [0.4, 0.5) is 0 Å². The fraction of sp³-hybridized carbons (Fsp3) is 0.455. The molecule has 0 heterocycles. The van der Waals surface area contributed by atoms with Gasteiger partial charge in [0.15, 0.2) is 0 Å². The third-order valence-electron chi connectivity index (χ3n) is 2.25. The number of allylic oxidation sites excluding steroid dienone is 3. The van der Waals surface area contributed by atoms with Crippen molar-refractivity contribution < 1.29 is 5.11 Å². The Balaban J connectivity index is 2.94. The molecule has 0 amide bonds. The van der Waals surface area contributed by atoms with Crippen LogP contribution >= 0.6 is 0 Å². The molecule has 1 heteroatoms. The van der Waals surface area contributed by atoms with E-state index in [0.29, 0.717) is 0 Å². The van der Waals surface area contributed by atoms with E-state index in [-0.39, 0.29) is 6.10 Å². The summed E-state index contributed by atoms with van der Waals surface area (Å²) in [5.74, 6) is 0. The Morgan fingerprint density at radius 3 is 2.92 bits per heavy atom. The lowest BCUT2D eigenvalue weighted by Crippen LogP contribution is -2.15. The van der Waals surface area contributed by atoms with Gasteiger partial charge in [-0.25, -0.2) is 0 Å². The first-order chi connectivity index (χ1) is 5.79. The zero-order valence-electron chi connectivity index (χ0n) is 7.59. The summed E-state index contributed by atoms with van der Waals surface area (Å²) in [7, 11) is 0. The molecule has 0 aromatic rings. The first-order valence-electron chi connectivity index (χ1n) is 4.45. The summed E-state index contributed by atoms with van der Waals surface area (Å²) in [5.41, 5.74) is 2.26. The summed E-state index contributed by atoms with van der Waals surface area (Å²) in [5, 5.41) is 9.64. The highest BCUT2D eigenvalue weighted by molar-refractivity contribution is 5.36. The first-order valence-corrected chi connectivity index (χ1v) is 4.45. The van der Waals surface area contributed by atoms with Crippen molar-refractivity contribution in [1.82, 2.24) is 0 Å². The van der Waals surface area contributed by atoms with Crippen molar-refractivity contribution in [2.75, 3.05) is 0 Å². The molecule has 0 radical (unpaired) electrons. The summed E-state index contributed by atoms with van der Waals surface area (Å²) in [4.78, 5) is 0. The number of hydrogen-bond donors (Lipinski definition) is 1. The van der Waals surface area contributed by atoms with Gasteiger partial charge in [0.2, 0.25) is 0 Å². The Labute approximate surface area is 74.1 Å². The van der Waals surface area contributed by atoms with Crippen LogP contribution in [0.1, 0.15) is 26.2 Å². The lowest BCUT2D eigenvalue weighted by atomic mass is 9.89. The van der Waals surface area contributed by atoms with E-state index < -0.39 is 0 Å². The van der Waals surface area contributed by atoms with E-state index in [4.69, 9.17) is 0 Å². The lowest BCUT2D eigenvalue weighted by molar-refractivity contribution is 0.193. The average Bonchev–Trinajstić information content (AvgIpc) is 2.09. The van der Waals surface area contributed by atoms with Crippen LogP contribution < -0.4 is 0 Å². The van der Waals surface area contributed by atoms with Gasteiger partial charge in [0.1, 0.15) is 0 Å². The van der Waals surface area contributed by atoms with E-state index in [1.807, 2.05) is 25.2 Å². The minimum Gasteiger partial charge on any atom is -0.388 e. The van der Waals surface area contributed by atoms with E-state index in [1.165, 1.54) is 5.57 Å². The Kier molecular flexibility index (Phi) is 3.30. The number of aliphatic hydroxyl groups is 1. The number of hydrogen-bond acceptors (Lipinski definition) is 1. The molecule has 0 aromatic carbocycles. The summed E-state index contributed by atoms with van der Waals surface area (Å²) >= 11 is 0. The topological polar surface area (TPSA) is 20.2 Å². The van der Waals surface area contributed by atoms with E-state index in [1.54, 1.807) is 0 Å². The minimum atomic E-state index is -0.275. The van der Waals surface area contributed by atoms with Crippen molar-refractivity contribution in [3.63, 3.8) is 0 Å². The molecule has 66 valence electrons. The molecule has 1 aliphatic carbocycles. The highest BCUT2D eigenvalue weighted by atomic mass is 16.3. The van der Waals surface area contributed by atoms with Gasteiger partial charge >= 0.3 is 0 Å². The van der Waals surface area contributed by atoms with Gasteiger partial charge in [0.25, 0.3) is 0 Å². The van der Waals surface area contributed by atoms with E-state index >= 15 is 0 Å². The predicted molar refractivity (Wildman–Crippen MR) is 51.9 cm³/mol. The zero-order valence-corrected chi connectivity index (χ0v) is 7.59. The van der Waals surface area contributed by atoms with Crippen LogP contribution in [-0.4, -0.2) is 11.2 Å². The fourth-order valence-corrected chi connectivity index (χ4v) is 1.62. The Morgan fingerprint density at radius 2 is 2.33 bits per heavy atom. The normalized spacial score (nSPS) is 25.0. The Morgan fingerprint density at radius 1 is 1.58 bits per heavy atom. The molecular formula is C11H16O. The van der Waals surface area contributed by atoms with Crippen LogP contribution in [0.3, 0.4) is 0 Å². The van der Waals surface area contributed by atoms with Gasteiger partial charge in [-0.2, -0.15) is 0 Å². The van der Waals surface area contributed by atoms with Crippen LogP contribution in [0.25, 0.3) is 0 Å². The van der Waals surface area contributed by atoms with Crippen LogP contribution in [0.5, 0.6) is 0 Å². The van der Waals surface area contributed by atoms with Crippen LogP contribution in [0.2, 0.25) is 0 Å². The standard InChI is InChI=1S/C11H16O/c1-3-6-10-9(4-2)7-5-8-11(10)12/h3-4,6,11-12H,2,5,7-8H2,1H3/b6-3-. The predicted octanol–water partition coefficient (Wildman–Crippen LogP) is 2.59. The van der Waals surface area contributed by atoms with Gasteiger partial charge < -0.3 is 5.11 Å². The molecule has 1 atom stereocenters. The van der Waals surface area contributed by atoms with Crippen molar-refractivity contribution >= 4 is 0 Å². The van der Waals surface area contributed by atoms with Crippen molar-refractivity contribution in [1.29, 1.82) is 0 Å². The molecule has 1 nitrogen and oxygen atoms in total. The maximum Gasteiger partial charge on any atom is 0.0792 e. The number of aliphatic hydroxyl groups excluding tert-OH is 1. The molecule has 1 aliphatic rings. The van der Waals surface area contributed by atoms with E-state index in [0.717, 1.165) is 24.8 Å². The second-order valence-corrected chi connectivity index (χ2v) is 3.09. The van der Waals surface area contributed by atoms with Gasteiger partial charge in [-0.3, -0.25) is 0 Å². The van der Waals surface area contributed by atoms with Crippen molar-refractivity contribution in [3.8, 4) is 0 Å². The molecule has 1 N–H and O–H groups in total. The van der Waals surface area contributed by atoms with Gasteiger partial charge in [-0.05, 0) is 37.3 Å². The van der Waals surface area contributed by atoms with Crippen LogP contribution in [0.15, 0.2) is 36.0 Å². The van der Waals surface area contributed by atoms with E-state index in [9.17, 15) is 5.11 Å². The molecule has 0 fully saturated rings. The van der Waals surface area contributed by atoms with Gasteiger partial charge in [-0.1, -0.05) is 24.8 Å². The number of rotatable bonds is 2. The Bertz CT molecular complexity index is 223. The molecule has 1 unspecified atom stereocenters. The SMILES string of the molecule is C=CC1=C(/C=C\C)C(O)CCC1. The quantitative estimate of drug-likeness (QED) is 0.665. The van der Waals surface area contributed by atoms with Gasteiger partial charge in [0.05, 0.1) is 6.10 Å². The first kappa shape index (κ1) is 9.27. The monoisotopic (exact) mass is 164 g/mol. The van der Waals surface area contributed by atoms with Crippen LogP contribution in [0, 0.1) is 0 Å². The second-order valence-electron chi connectivity index (χ2n) is 3.09. The minimum absolute atomic E-state index is 0.275. The summed E-state index contributed by atoms with van der Waals surface area (Å²) in [6.07, 6.45) is 8.55. The van der Waals surface area contributed by atoms with Gasteiger partial charge in [-0.15, -0.1) is 0 Å². The van der Waals surface area contributed by atoms with E-state index in [2.05, 4.69) is 6.58 Å². The largest absolute Gasteiger partial charge is 0.388 e. The lowest BCUT2D eigenvalue weighted by Gasteiger charge is -2.21. The third-order valence-corrected chi connectivity index (χ3v) is 2.25. The van der Waals surface area contributed by atoms with Crippen molar-refractivity contribution in [3.05, 3.63) is 36.0 Å². The molecule has 1 rings (SSSR count). The highest BCUT2D eigenvalue weighted by Crippen LogP contribution is 2.26. The maximum atomic E-state index is 9.64. The molecule has 0 bridgehead atoms. The van der Waals surface area contributed by atoms with Gasteiger partial charge in [0, 0.05) is 0 Å². The zero-order chi connectivity index (χ0) is 8.97. The maximum absolute atomic E-state index is 9.64. The molecule has 12 heavy (non-hydrogen) atoms. The third kappa shape index (κ3) is 1.86.